The van der Waals surface area contributed by atoms with Gasteiger partial charge in [-0.3, -0.25) is 9.59 Å². The highest BCUT2D eigenvalue weighted by Gasteiger charge is 2.10. The molecule has 1 aromatic rings. The fourth-order valence-corrected chi connectivity index (χ4v) is 1.56. The zero-order chi connectivity index (χ0) is 15.0. The maximum absolute atomic E-state index is 11.7. The molecule has 0 unspecified atom stereocenters. The monoisotopic (exact) mass is 279 g/mol. The van der Waals surface area contributed by atoms with Crippen LogP contribution in [0.25, 0.3) is 0 Å². The molecule has 0 bridgehead atoms. The van der Waals surface area contributed by atoms with Crippen LogP contribution in [-0.2, 0) is 14.3 Å². The largest absolute Gasteiger partial charge is 0.495 e. The Hall–Kier alpha value is -2.04. The van der Waals surface area contributed by atoms with Gasteiger partial charge in [-0.2, -0.15) is 0 Å². The standard InChI is InChI=1S/C15H21NO4/c1-11(2)8-9-15(18)20-10-14(17)16-12-6-4-5-7-13(12)19-3/h4-7,11H,8-10H2,1-3H3,(H,16,17). The van der Waals surface area contributed by atoms with E-state index in [9.17, 15) is 9.59 Å². The first-order valence-electron chi connectivity index (χ1n) is 6.61. The number of esters is 1. The Balaban J connectivity index is 2.38. The molecule has 0 aliphatic carbocycles. The Bertz CT molecular complexity index is 457. The van der Waals surface area contributed by atoms with E-state index in [1.54, 1.807) is 24.3 Å². The first-order chi connectivity index (χ1) is 9.52. The van der Waals surface area contributed by atoms with E-state index in [2.05, 4.69) is 5.32 Å². The minimum Gasteiger partial charge on any atom is -0.495 e. The molecule has 5 heteroatoms. The van der Waals surface area contributed by atoms with Gasteiger partial charge >= 0.3 is 5.97 Å². The number of hydrogen-bond acceptors (Lipinski definition) is 4. The number of benzene rings is 1. The van der Waals surface area contributed by atoms with Crippen LogP contribution in [0.1, 0.15) is 26.7 Å². The zero-order valence-electron chi connectivity index (χ0n) is 12.1. The van der Waals surface area contributed by atoms with Crippen LogP contribution in [0.15, 0.2) is 24.3 Å². The van der Waals surface area contributed by atoms with Crippen LogP contribution >= 0.6 is 0 Å². The normalized spacial score (nSPS) is 10.2. The average molecular weight is 279 g/mol. The van der Waals surface area contributed by atoms with E-state index in [4.69, 9.17) is 9.47 Å². The highest BCUT2D eigenvalue weighted by atomic mass is 16.5. The number of rotatable bonds is 7. The van der Waals surface area contributed by atoms with Gasteiger partial charge in [0.15, 0.2) is 6.61 Å². The summed E-state index contributed by atoms with van der Waals surface area (Å²) in [5.74, 6) is 0.262. The van der Waals surface area contributed by atoms with Gasteiger partial charge in [-0.1, -0.05) is 26.0 Å². The molecule has 1 amide bonds. The van der Waals surface area contributed by atoms with Crippen molar-refractivity contribution >= 4 is 17.6 Å². The quantitative estimate of drug-likeness (QED) is 0.779. The third-order valence-electron chi connectivity index (χ3n) is 2.67. The molecule has 0 aliphatic heterocycles. The van der Waals surface area contributed by atoms with Crippen molar-refractivity contribution < 1.29 is 19.1 Å². The van der Waals surface area contributed by atoms with Crippen molar-refractivity contribution in [1.29, 1.82) is 0 Å². The van der Waals surface area contributed by atoms with Crippen LogP contribution in [0.5, 0.6) is 5.75 Å². The first-order valence-corrected chi connectivity index (χ1v) is 6.61. The Morgan fingerprint density at radius 2 is 1.95 bits per heavy atom. The highest BCUT2D eigenvalue weighted by molar-refractivity contribution is 5.94. The maximum Gasteiger partial charge on any atom is 0.306 e. The first kappa shape index (κ1) is 16.0. The predicted octanol–water partition coefficient (Wildman–Crippen LogP) is 2.61. The van der Waals surface area contributed by atoms with Crippen molar-refractivity contribution in [2.45, 2.75) is 26.7 Å². The topological polar surface area (TPSA) is 64.6 Å². The van der Waals surface area contributed by atoms with E-state index in [0.717, 1.165) is 6.42 Å². The van der Waals surface area contributed by atoms with Gasteiger partial charge in [0, 0.05) is 6.42 Å². The van der Waals surface area contributed by atoms with Gasteiger partial charge in [0.1, 0.15) is 5.75 Å². The van der Waals surface area contributed by atoms with Crippen LogP contribution in [0.3, 0.4) is 0 Å². The molecule has 0 heterocycles. The molecule has 1 rings (SSSR count). The molecule has 0 saturated heterocycles. The van der Waals surface area contributed by atoms with Crippen LogP contribution in [0, 0.1) is 5.92 Å². The molecule has 1 aromatic carbocycles. The number of para-hydroxylation sites is 2. The third-order valence-corrected chi connectivity index (χ3v) is 2.67. The predicted molar refractivity (Wildman–Crippen MR) is 76.7 cm³/mol. The third kappa shape index (κ3) is 5.73. The average Bonchev–Trinajstić information content (AvgIpc) is 2.43. The summed E-state index contributed by atoms with van der Waals surface area (Å²) in [4.78, 5) is 23.1. The summed E-state index contributed by atoms with van der Waals surface area (Å²) in [6, 6.07) is 7.05. The summed E-state index contributed by atoms with van der Waals surface area (Å²) in [6.07, 6.45) is 1.09. The summed E-state index contributed by atoms with van der Waals surface area (Å²) in [5.41, 5.74) is 0.554. The lowest BCUT2D eigenvalue weighted by Gasteiger charge is -2.10. The SMILES string of the molecule is COc1ccccc1NC(=O)COC(=O)CCC(C)C. The Morgan fingerprint density at radius 1 is 1.25 bits per heavy atom. The minimum absolute atomic E-state index is 0.283. The number of hydrogen-bond donors (Lipinski definition) is 1. The van der Waals surface area contributed by atoms with Crippen molar-refractivity contribution in [3.63, 3.8) is 0 Å². The second kappa shape index (κ2) is 8.19. The second-order valence-electron chi connectivity index (χ2n) is 4.84. The summed E-state index contributed by atoms with van der Waals surface area (Å²) in [7, 11) is 1.52. The lowest BCUT2D eigenvalue weighted by molar-refractivity contribution is -0.147. The van der Waals surface area contributed by atoms with E-state index in [1.165, 1.54) is 7.11 Å². The number of nitrogens with one attached hydrogen (secondary N) is 1. The van der Waals surface area contributed by atoms with Crippen molar-refractivity contribution in [3.8, 4) is 5.75 Å². The minimum atomic E-state index is -0.382. The molecule has 1 N–H and O–H groups in total. The van der Waals surface area contributed by atoms with E-state index in [-0.39, 0.29) is 18.5 Å². The van der Waals surface area contributed by atoms with Gasteiger partial charge in [0.05, 0.1) is 12.8 Å². The number of carbonyl (C=O) groups excluding carboxylic acids is 2. The van der Waals surface area contributed by atoms with Crippen molar-refractivity contribution in [2.75, 3.05) is 19.0 Å². The van der Waals surface area contributed by atoms with Gasteiger partial charge in [-0.05, 0) is 24.5 Å². The van der Waals surface area contributed by atoms with Gasteiger partial charge in [0.2, 0.25) is 0 Å². The Morgan fingerprint density at radius 3 is 2.60 bits per heavy atom. The van der Waals surface area contributed by atoms with Crippen LogP contribution < -0.4 is 10.1 Å². The van der Waals surface area contributed by atoms with E-state index >= 15 is 0 Å². The van der Waals surface area contributed by atoms with Gasteiger partial charge < -0.3 is 14.8 Å². The smallest absolute Gasteiger partial charge is 0.306 e. The molecule has 110 valence electrons. The molecule has 20 heavy (non-hydrogen) atoms. The lowest BCUT2D eigenvalue weighted by Crippen LogP contribution is -2.21. The second-order valence-corrected chi connectivity index (χ2v) is 4.84. The number of anilines is 1. The molecule has 0 spiro atoms. The molecular formula is C15H21NO4. The number of amides is 1. The van der Waals surface area contributed by atoms with E-state index in [1.807, 2.05) is 13.8 Å². The van der Waals surface area contributed by atoms with Gasteiger partial charge in [-0.15, -0.1) is 0 Å². The molecule has 0 atom stereocenters. The Kier molecular flexibility index (Phi) is 6.56. The molecular weight excluding hydrogens is 258 g/mol. The van der Waals surface area contributed by atoms with Gasteiger partial charge in [0.25, 0.3) is 5.91 Å². The van der Waals surface area contributed by atoms with E-state index < -0.39 is 0 Å². The summed E-state index contributed by atoms with van der Waals surface area (Å²) in [6.45, 7) is 3.78. The zero-order valence-corrected chi connectivity index (χ0v) is 12.1. The molecule has 0 aliphatic rings. The van der Waals surface area contributed by atoms with Crippen molar-refractivity contribution in [3.05, 3.63) is 24.3 Å². The van der Waals surface area contributed by atoms with Crippen LogP contribution in [0.4, 0.5) is 5.69 Å². The number of methoxy groups -OCH3 is 1. The molecule has 0 fully saturated rings. The van der Waals surface area contributed by atoms with Crippen LogP contribution in [0.2, 0.25) is 0 Å². The Labute approximate surface area is 119 Å². The highest BCUT2D eigenvalue weighted by Crippen LogP contribution is 2.22. The lowest BCUT2D eigenvalue weighted by atomic mass is 10.1. The number of ether oxygens (including phenoxy) is 2. The van der Waals surface area contributed by atoms with Crippen molar-refractivity contribution in [2.24, 2.45) is 5.92 Å². The molecule has 0 radical (unpaired) electrons. The molecule has 5 nitrogen and oxygen atoms in total. The summed E-state index contributed by atoms with van der Waals surface area (Å²) in [5, 5.41) is 2.64. The molecule has 0 saturated carbocycles. The fourth-order valence-electron chi connectivity index (χ4n) is 1.56. The summed E-state index contributed by atoms with van der Waals surface area (Å²) < 4.78 is 10.0. The van der Waals surface area contributed by atoms with Gasteiger partial charge in [-0.25, -0.2) is 0 Å². The molecule has 0 aromatic heterocycles. The van der Waals surface area contributed by atoms with E-state index in [0.29, 0.717) is 23.8 Å². The maximum atomic E-state index is 11.7. The van der Waals surface area contributed by atoms with Crippen molar-refractivity contribution in [1.82, 2.24) is 0 Å². The number of carbonyl (C=O) groups is 2. The summed E-state index contributed by atoms with van der Waals surface area (Å²) >= 11 is 0. The fraction of sp³-hybridized carbons (Fsp3) is 0.467. The van der Waals surface area contributed by atoms with Crippen LogP contribution in [-0.4, -0.2) is 25.6 Å².